The lowest BCUT2D eigenvalue weighted by atomic mass is 10.1. The van der Waals surface area contributed by atoms with Gasteiger partial charge in [-0.1, -0.05) is 23.7 Å². The largest absolute Gasteiger partial charge is 0.496 e. The molecule has 0 radical (unpaired) electrons. The molecule has 2 heterocycles. The number of H-pyrrole nitrogens is 1. The van der Waals surface area contributed by atoms with E-state index in [9.17, 15) is 4.79 Å². The molecule has 0 saturated heterocycles. The van der Waals surface area contributed by atoms with E-state index in [0.717, 1.165) is 35.4 Å². The Morgan fingerprint density at radius 1 is 1.21 bits per heavy atom. The number of aromatic nitrogens is 3. The van der Waals surface area contributed by atoms with Gasteiger partial charge in [0.1, 0.15) is 11.6 Å². The van der Waals surface area contributed by atoms with Crippen LogP contribution in [0.2, 0.25) is 5.02 Å². The highest BCUT2D eigenvalue weighted by Crippen LogP contribution is 2.30. The van der Waals surface area contributed by atoms with Crippen LogP contribution in [0.4, 0.5) is 0 Å². The maximum Gasteiger partial charge on any atom is 0.255 e. The highest BCUT2D eigenvalue weighted by molar-refractivity contribution is 6.33. The van der Waals surface area contributed by atoms with Crippen LogP contribution in [0.3, 0.4) is 0 Å². The number of carbonyl (C=O) groups is 1. The Labute approximate surface area is 173 Å². The summed E-state index contributed by atoms with van der Waals surface area (Å²) in [5.41, 5.74) is 3.15. The fourth-order valence-corrected chi connectivity index (χ4v) is 3.52. The van der Waals surface area contributed by atoms with Gasteiger partial charge in [0.25, 0.3) is 5.91 Å². The number of para-hydroxylation sites is 2. The van der Waals surface area contributed by atoms with E-state index in [4.69, 9.17) is 16.3 Å². The van der Waals surface area contributed by atoms with Crippen molar-refractivity contribution in [2.45, 2.75) is 12.8 Å². The first-order chi connectivity index (χ1) is 14.2. The molecule has 29 heavy (non-hydrogen) atoms. The molecule has 0 saturated carbocycles. The predicted octanol–water partition coefficient (Wildman–Crippen LogP) is 4.38. The van der Waals surface area contributed by atoms with Crippen molar-refractivity contribution in [3.05, 3.63) is 77.3 Å². The molecule has 4 aromatic rings. The van der Waals surface area contributed by atoms with E-state index in [1.54, 1.807) is 19.2 Å². The lowest BCUT2D eigenvalue weighted by molar-refractivity contribution is 0.0950. The lowest BCUT2D eigenvalue weighted by Gasteiger charge is -2.13. The van der Waals surface area contributed by atoms with E-state index >= 15 is 0 Å². The maximum absolute atomic E-state index is 12.6. The Bertz CT molecular complexity index is 1100. The molecule has 0 aliphatic heterocycles. The van der Waals surface area contributed by atoms with Gasteiger partial charge in [-0.05, 0) is 36.8 Å². The number of fused-ring (bicyclic) bond motifs is 1. The third-order valence-corrected chi connectivity index (χ3v) is 5.01. The maximum atomic E-state index is 12.6. The molecule has 0 aliphatic rings. The fourth-order valence-electron chi connectivity index (χ4n) is 3.26. The van der Waals surface area contributed by atoms with Crippen molar-refractivity contribution in [2.75, 3.05) is 13.7 Å². The van der Waals surface area contributed by atoms with Gasteiger partial charge in [-0.3, -0.25) is 4.79 Å². The van der Waals surface area contributed by atoms with Gasteiger partial charge in [0.15, 0.2) is 0 Å². The minimum atomic E-state index is -0.215. The molecular formula is C22H21ClN4O2. The normalized spacial score (nSPS) is 11.0. The molecule has 2 aromatic carbocycles. The number of nitrogens with one attached hydrogen (secondary N) is 2. The van der Waals surface area contributed by atoms with Crippen LogP contribution in [-0.2, 0) is 6.42 Å². The quantitative estimate of drug-likeness (QED) is 0.446. The van der Waals surface area contributed by atoms with Gasteiger partial charge in [0.2, 0.25) is 0 Å². The standard InChI is InChI=1S/C22H21ClN4O2/c1-29-20-14-19(27-11-4-5-12-27)16(23)13-15(20)22(28)24-10-6-9-21-25-17-7-2-3-8-18(17)26-21/h2-5,7-8,11-14H,6,9-10H2,1H3,(H,24,28)(H,25,26). The smallest absolute Gasteiger partial charge is 0.255 e. The molecule has 0 aliphatic carbocycles. The minimum absolute atomic E-state index is 0.215. The summed E-state index contributed by atoms with van der Waals surface area (Å²) in [5, 5.41) is 3.41. The molecule has 0 unspecified atom stereocenters. The molecule has 148 valence electrons. The van der Waals surface area contributed by atoms with E-state index in [0.29, 0.717) is 22.9 Å². The molecular weight excluding hydrogens is 388 g/mol. The van der Waals surface area contributed by atoms with E-state index in [-0.39, 0.29) is 5.91 Å². The van der Waals surface area contributed by atoms with Crippen molar-refractivity contribution < 1.29 is 9.53 Å². The fraction of sp³-hybridized carbons (Fsp3) is 0.182. The number of methoxy groups -OCH3 is 1. The molecule has 1 amide bonds. The SMILES string of the molecule is COc1cc(-n2cccc2)c(Cl)cc1C(=O)NCCCc1nc2ccccc2[nH]1. The molecule has 0 atom stereocenters. The van der Waals surface area contributed by atoms with E-state index in [1.165, 1.54) is 0 Å². The number of amides is 1. The molecule has 4 rings (SSSR count). The van der Waals surface area contributed by atoms with Crippen LogP contribution in [0, 0.1) is 0 Å². The topological polar surface area (TPSA) is 71.9 Å². The van der Waals surface area contributed by atoms with Crippen LogP contribution in [0.1, 0.15) is 22.6 Å². The minimum Gasteiger partial charge on any atom is -0.496 e. The van der Waals surface area contributed by atoms with E-state index in [2.05, 4.69) is 15.3 Å². The van der Waals surface area contributed by atoms with Gasteiger partial charge in [0, 0.05) is 31.4 Å². The molecule has 0 bridgehead atoms. The summed E-state index contributed by atoms with van der Waals surface area (Å²) in [6.45, 7) is 0.524. The average Bonchev–Trinajstić information content (AvgIpc) is 3.40. The zero-order chi connectivity index (χ0) is 20.2. The predicted molar refractivity (Wildman–Crippen MR) is 114 cm³/mol. The number of hydrogen-bond acceptors (Lipinski definition) is 3. The summed E-state index contributed by atoms with van der Waals surface area (Å²) in [5.74, 6) is 1.18. The van der Waals surface area contributed by atoms with Crippen LogP contribution in [-0.4, -0.2) is 34.1 Å². The Morgan fingerprint density at radius 2 is 2.00 bits per heavy atom. The third-order valence-electron chi connectivity index (χ3n) is 4.71. The number of hydrogen-bond donors (Lipinski definition) is 2. The number of aromatic amines is 1. The first-order valence-corrected chi connectivity index (χ1v) is 9.76. The number of ether oxygens (including phenoxy) is 1. The van der Waals surface area contributed by atoms with Crippen LogP contribution >= 0.6 is 11.6 Å². The second-order valence-electron chi connectivity index (χ2n) is 6.65. The van der Waals surface area contributed by atoms with Crippen molar-refractivity contribution in [3.8, 4) is 11.4 Å². The monoisotopic (exact) mass is 408 g/mol. The summed E-state index contributed by atoms with van der Waals surface area (Å²) in [6, 6.07) is 15.1. The molecule has 2 aromatic heterocycles. The first kappa shape index (κ1) is 19.1. The number of rotatable bonds is 7. The Morgan fingerprint density at radius 3 is 2.76 bits per heavy atom. The first-order valence-electron chi connectivity index (χ1n) is 9.38. The number of halogens is 1. The zero-order valence-corrected chi connectivity index (χ0v) is 16.7. The number of aryl methyl sites for hydroxylation is 1. The van der Waals surface area contributed by atoms with Gasteiger partial charge in [-0.15, -0.1) is 0 Å². The summed E-state index contributed by atoms with van der Waals surface area (Å²) in [4.78, 5) is 20.5. The van der Waals surface area contributed by atoms with Crippen LogP contribution in [0.5, 0.6) is 5.75 Å². The van der Waals surface area contributed by atoms with E-state index in [1.807, 2.05) is 53.4 Å². The molecule has 2 N–H and O–H groups in total. The summed E-state index contributed by atoms with van der Waals surface area (Å²) in [6.07, 6.45) is 5.29. The molecule has 6 nitrogen and oxygen atoms in total. The highest BCUT2D eigenvalue weighted by Gasteiger charge is 2.16. The van der Waals surface area contributed by atoms with Crippen molar-refractivity contribution >= 4 is 28.5 Å². The summed E-state index contributed by atoms with van der Waals surface area (Å²) < 4.78 is 7.30. The second kappa shape index (κ2) is 8.41. The number of carbonyl (C=O) groups excluding carboxylic acids is 1. The van der Waals surface area contributed by atoms with Gasteiger partial charge >= 0.3 is 0 Å². The summed E-state index contributed by atoms with van der Waals surface area (Å²) in [7, 11) is 1.54. The third kappa shape index (κ3) is 4.12. The van der Waals surface area contributed by atoms with Crippen molar-refractivity contribution in [1.82, 2.24) is 19.9 Å². The number of benzene rings is 2. The molecule has 0 fully saturated rings. The lowest BCUT2D eigenvalue weighted by Crippen LogP contribution is -2.25. The zero-order valence-electron chi connectivity index (χ0n) is 16.0. The van der Waals surface area contributed by atoms with Gasteiger partial charge in [0.05, 0.1) is 34.4 Å². The number of imidazole rings is 1. The van der Waals surface area contributed by atoms with Crippen LogP contribution in [0.25, 0.3) is 16.7 Å². The van der Waals surface area contributed by atoms with Crippen molar-refractivity contribution in [1.29, 1.82) is 0 Å². The van der Waals surface area contributed by atoms with Gasteiger partial charge in [-0.25, -0.2) is 4.98 Å². The van der Waals surface area contributed by atoms with E-state index < -0.39 is 0 Å². The van der Waals surface area contributed by atoms with Crippen molar-refractivity contribution in [3.63, 3.8) is 0 Å². The van der Waals surface area contributed by atoms with Gasteiger partial charge < -0.3 is 19.6 Å². The number of nitrogens with zero attached hydrogens (tertiary/aromatic N) is 2. The Kier molecular flexibility index (Phi) is 5.53. The van der Waals surface area contributed by atoms with Crippen LogP contribution in [0.15, 0.2) is 60.9 Å². The highest BCUT2D eigenvalue weighted by atomic mass is 35.5. The van der Waals surface area contributed by atoms with Crippen molar-refractivity contribution in [2.24, 2.45) is 0 Å². The molecule has 0 spiro atoms. The Hall–Kier alpha value is -3.25. The Balaban J connectivity index is 1.39. The molecule has 7 heteroatoms. The van der Waals surface area contributed by atoms with Gasteiger partial charge in [-0.2, -0.15) is 0 Å². The average molecular weight is 409 g/mol. The van der Waals surface area contributed by atoms with Crippen LogP contribution < -0.4 is 10.1 Å². The second-order valence-corrected chi connectivity index (χ2v) is 7.06. The summed E-state index contributed by atoms with van der Waals surface area (Å²) >= 11 is 6.41.